The molecule has 0 fully saturated rings. The van der Waals surface area contributed by atoms with Crippen molar-refractivity contribution in [3.63, 3.8) is 0 Å². The lowest BCUT2D eigenvalue weighted by Gasteiger charge is -2.16. The summed E-state index contributed by atoms with van der Waals surface area (Å²) in [7, 11) is 0. The van der Waals surface area contributed by atoms with E-state index in [9.17, 15) is 4.39 Å². The second kappa shape index (κ2) is 7.07. The second-order valence-corrected chi connectivity index (χ2v) is 5.56. The number of hydrogen-bond donors (Lipinski definition) is 1. The largest absolute Gasteiger partial charge is 0.310 e. The molecule has 0 radical (unpaired) electrons. The number of hydrogen-bond acceptors (Lipinski definition) is 1. The maximum absolute atomic E-state index is 12.8. The molecule has 0 saturated carbocycles. The van der Waals surface area contributed by atoms with Crippen LogP contribution in [0.2, 0.25) is 10.0 Å². The highest BCUT2D eigenvalue weighted by Gasteiger charge is 2.09. The Kier molecular flexibility index (Phi) is 5.41. The van der Waals surface area contributed by atoms with E-state index in [-0.39, 0.29) is 11.9 Å². The molecule has 20 heavy (non-hydrogen) atoms. The van der Waals surface area contributed by atoms with E-state index in [4.69, 9.17) is 23.2 Å². The fraction of sp³-hybridized carbons (Fsp3) is 0.250. The van der Waals surface area contributed by atoms with Crippen molar-refractivity contribution in [2.45, 2.75) is 19.4 Å². The number of rotatable bonds is 5. The molecule has 106 valence electrons. The maximum Gasteiger partial charge on any atom is 0.123 e. The summed E-state index contributed by atoms with van der Waals surface area (Å²) in [5.74, 6) is -0.208. The van der Waals surface area contributed by atoms with Crippen molar-refractivity contribution < 1.29 is 4.39 Å². The van der Waals surface area contributed by atoms with Gasteiger partial charge in [0, 0.05) is 16.1 Å². The summed E-state index contributed by atoms with van der Waals surface area (Å²) in [6.07, 6.45) is 0.836. The lowest BCUT2D eigenvalue weighted by atomic mass is 10.1. The minimum Gasteiger partial charge on any atom is -0.310 e. The normalized spacial score (nSPS) is 12.4. The fourth-order valence-electron chi connectivity index (χ4n) is 2.04. The maximum atomic E-state index is 12.8. The summed E-state index contributed by atoms with van der Waals surface area (Å²) in [4.78, 5) is 0. The molecule has 0 amide bonds. The van der Waals surface area contributed by atoms with E-state index in [0.717, 1.165) is 24.1 Å². The highest BCUT2D eigenvalue weighted by molar-refractivity contribution is 6.33. The second-order valence-electron chi connectivity index (χ2n) is 4.72. The molecule has 0 aromatic heterocycles. The quantitative estimate of drug-likeness (QED) is 0.817. The molecule has 0 aliphatic rings. The van der Waals surface area contributed by atoms with Crippen molar-refractivity contribution in [2.75, 3.05) is 6.54 Å². The first-order chi connectivity index (χ1) is 9.56. The summed E-state index contributed by atoms with van der Waals surface area (Å²) < 4.78 is 12.8. The Bertz CT molecular complexity index is 569. The van der Waals surface area contributed by atoms with E-state index in [2.05, 4.69) is 5.32 Å². The number of benzene rings is 2. The van der Waals surface area contributed by atoms with Crippen LogP contribution in [0.3, 0.4) is 0 Å². The van der Waals surface area contributed by atoms with Crippen LogP contribution >= 0.6 is 23.2 Å². The Labute approximate surface area is 128 Å². The molecule has 1 N–H and O–H groups in total. The van der Waals surface area contributed by atoms with E-state index in [1.807, 2.05) is 13.0 Å². The smallest absolute Gasteiger partial charge is 0.123 e. The molecule has 0 spiro atoms. The third kappa shape index (κ3) is 4.20. The van der Waals surface area contributed by atoms with Crippen molar-refractivity contribution in [3.8, 4) is 0 Å². The molecule has 0 heterocycles. The van der Waals surface area contributed by atoms with Gasteiger partial charge in [0.25, 0.3) is 0 Å². The van der Waals surface area contributed by atoms with Crippen LogP contribution in [0.1, 0.15) is 24.1 Å². The summed E-state index contributed by atoms with van der Waals surface area (Å²) in [5, 5.41) is 4.78. The molecule has 1 unspecified atom stereocenters. The lowest BCUT2D eigenvalue weighted by Crippen LogP contribution is -2.21. The first kappa shape index (κ1) is 15.3. The Balaban J connectivity index is 1.90. The van der Waals surface area contributed by atoms with E-state index in [1.54, 1.807) is 24.3 Å². The zero-order chi connectivity index (χ0) is 14.5. The van der Waals surface area contributed by atoms with Gasteiger partial charge in [0.2, 0.25) is 0 Å². The molecule has 1 atom stereocenters. The van der Waals surface area contributed by atoms with Crippen LogP contribution < -0.4 is 5.32 Å². The Morgan fingerprint density at radius 3 is 2.50 bits per heavy atom. The zero-order valence-electron chi connectivity index (χ0n) is 11.2. The molecule has 0 bridgehead atoms. The predicted octanol–water partition coefficient (Wildman–Crippen LogP) is 5.03. The van der Waals surface area contributed by atoms with Crippen molar-refractivity contribution >= 4 is 23.2 Å². The van der Waals surface area contributed by atoms with Crippen LogP contribution in [0.4, 0.5) is 4.39 Å². The van der Waals surface area contributed by atoms with Gasteiger partial charge in [-0.05, 0) is 61.3 Å². The van der Waals surface area contributed by atoms with Gasteiger partial charge < -0.3 is 5.32 Å². The molecule has 0 saturated heterocycles. The van der Waals surface area contributed by atoms with Crippen LogP contribution in [0, 0.1) is 5.82 Å². The average Bonchev–Trinajstić information content (AvgIpc) is 2.43. The summed E-state index contributed by atoms with van der Waals surface area (Å²) in [6.45, 7) is 2.83. The number of nitrogens with one attached hydrogen (secondary N) is 1. The molecule has 0 aliphatic heterocycles. The first-order valence-corrected chi connectivity index (χ1v) is 7.24. The average molecular weight is 312 g/mol. The topological polar surface area (TPSA) is 12.0 Å². The molecule has 2 aromatic carbocycles. The SMILES string of the molecule is CC(NCCc1ccc(F)cc1)c1cc(Cl)ccc1Cl. The van der Waals surface area contributed by atoms with E-state index < -0.39 is 0 Å². The van der Waals surface area contributed by atoms with Gasteiger partial charge in [-0.15, -0.1) is 0 Å². The minimum absolute atomic E-state index is 0.113. The summed E-state index contributed by atoms with van der Waals surface area (Å²) in [5.41, 5.74) is 2.08. The van der Waals surface area contributed by atoms with Crippen molar-refractivity contribution in [3.05, 3.63) is 69.5 Å². The summed E-state index contributed by atoms with van der Waals surface area (Å²) >= 11 is 12.1. The minimum atomic E-state index is -0.208. The van der Waals surface area contributed by atoms with Gasteiger partial charge in [-0.3, -0.25) is 0 Å². The van der Waals surface area contributed by atoms with E-state index >= 15 is 0 Å². The van der Waals surface area contributed by atoms with E-state index in [1.165, 1.54) is 12.1 Å². The third-order valence-corrected chi connectivity index (χ3v) is 3.78. The number of halogens is 3. The third-order valence-electron chi connectivity index (χ3n) is 3.20. The Morgan fingerprint density at radius 1 is 1.10 bits per heavy atom. The van der Waals surface area contributed by atoms with Crippen LogP contribution in [0.15, 0.2) is 42.5 Å². The Hall–Kier alpha value is -1.09. The van der Waals surface area contributed by atoms with Gasteiger partial charge in [0.1, 0.15) is 5.82 Å². The molecule has 4 heteroatoms. The summed E-state index contributed by atoms with van der Waals surface area (Å²) in [6, 6.07) is 12.1. The molecular formula is C16H16Cl2FN. The monoisotopic (exact) mass is 311 g/mol. The standard InChI is InChI=1S/C16H16Cl2FN/c1-11(15-10-13(17)4-7-16(15)18)20-9-8-12-2-5-14(19)6-3-12/h2-7,10-11,20H,8-9H2,1H3. The Morgan fingerprint density at radius 2 is 1.80 bits per heavy atom. The van der Waals surface area contributed by atoms with Crippen LogP contribution in [0.5, 0.6) is 0 Å². The molecule has 1 nitrogen and oxygen atoms in total. The van der Waals surface area contributed by atoms with Gasteiger partial charge >= 0.3 is 0 Å². The van der Waals surface area contributed by atoms with Crippen LogP contribution in [0.25, 0.3) is 0 Å². The van der Waals surface area contributed by atoms with Crippen molar-refractivity contribution in [1.29, 1.82) is 0 Å². The molecule has 0 aliphatic carbocycles. The fourth-order valence-corrected chi connectivity index (χ4v) is 2.50. The van der Waals surface area contributed by atoms with Crippen molar-refractivity contribution in [2.24, 2.45) is 0 Å². The van der Waals surface area contributed by atoms with Gasteiger partial charge in [-0.1, -0.05) is 35.3 Å². The molecule has 2 aromatic rings. The highest BCUT2D eigenvalue weighted by Crippen LogP contribution is 2.26. The zero-order valence-corrected chi connectivity index (χ0v) is 12.7. The van der Waals surface area contributed by atoms with Gasteiger partial charge in [0.05, 0.1) is 0 Å². The van der Waals surface area contributed by atoms with Gasteiger partial charge in [0.15, 0.2) is 0 Å². The van der Waals surface area contributed by atoms with Gasteiger partial charge in [-0.2, -0.15) is 0 Å². The highest BCUT2D eigenvalue weighted by atomic mass is 35.5. The lowest BCUT2D eigenvalue weighted by molar-refractivity contribution is 0.576. The van der Waals surface area contributed by atoms with E-state index in [0.29, 0.717) is 10.0 Å². The first-order valence-electron chi connectivity index (χ1n) is 6.49. The van der Waals surface area contributed by atoms with Crippen molar-refractivity contribution in [1.82, 2.24) is 5.32 Å². The predicted molar refractivity (Wildman–Crippen MR) is 83.0 cm³/mol. The van der Waals surface area contributed by atoms with Crippen LogP contribution in [-0.2, 0) is 6.42 Å². The van der Waals surface area contributed by atoms with Gasteiger partial charge in [-0.25, -0.2) is 4.39 Å². The molecule has 2 rings (SSSR count). The molecular weight excluding hydrogens is 296 g/mol. The van der Waals surface area contributed by atoms with Crippen LogP contribution in [-0.4, -0.2) is 6.54 Å².